The lowest BCUT2D eigenvalue weighted by molar-refractivity contribution is -0.145. The van der Waals surface area contributed by atoms with Gasteiger partial charge in [0.15, 0.2) is 11.5 Å². The Morgan fingerprint density at radius 2 is 2.05 bits per heavy atom. The molecule has 0 aliphatic carbocycles. The van der Waals surface area contributed by atoms with E-state index in [4.69, 9.17) is 10.5 Å². The van der Waals surface area contributed by atoms with Crippen molar-refractivity contribution in [1.29, 1.82) is 0 Å². The highest BCUT2D eigenvalue weighted by Crippen LogP contribution is 2.25. The molecule has 0 amide bonds. The molecule has 5 nitrogen and oxygen atoms in total. The van der Waals surface area contributed by atoms with E-state index in [9.17, 15) is 15.0 Å². The van der Waals surface area contributed by atoms with Crippen molar-refractivity contribution in [1.82, 2.24) is 0 Å². The minimum atomic E-state index is -0.759. The van der Waals surface area contributed by atoms with Crippen molar-refractivity contribution in [2.24, 2.45) is 5.73 Å². The fraction of sp³-hybridized carbons (Fsp3) is 0.500. The van der Waals surface area contributed by atoms with Crippen LogP contribution in [-0.2, 0) is 16.0 Å². The quantitative estimate of drug-likeness (QED) is 0.397. The van der Waals surface area contributed by atoms with Gasteiger partial charge in [0.25, 0.3) is 0 Å². The van der Waals surface area contributed by atoms with E-state index in [2.05, 4.69) is 6.92 Å². The molecule has 1 rings (SSSR count). The molecule has 1 atom stereocenters. The summed E-state index contributed by atoms with van der Waals surface area (Å²) in [6.07, 6.45) is 3.19. The number of esters is 1. The van der Waals surface area contributed by atoms with Gasteiger partial charge in [0.1, 0.15) is 6.04 Å². The van der Waals surface area contributed by atoms with E-state index in [1.54, 1.807) is 6.07 Å². The van der Waals surface area contributed by atoms with Crippen LogP contribution in [0.15, 0.2) is 18.2 Å². The summed E-state index contributed by atoms with van der Waals surface area (Å²) in [7, 11) is 0. The van der Waals surface area contributed by atoms with E-state index in [0.29, 0.717) is 12.2 Å². The number of ether oxygens (including phenoxy) is 1. The van der Waals surface area contributed by atoms with Crippen molar-refractivity contribution in [2.45, 2.75) is 38.6 Å². The standard InChI is InChI=1S/C14H21NO4/c1-2-3-4-7-19-14(18)11(15)8-10-5-6-12(16)13(17)9-10/h5-6,9,11,16-17H,2-4,7-8,15H2,1H3. The van der Waals surface area contributed by atoms with Crippen LogP contribution in [0.4, 0.5) is 0 Å². The Balaban J connectivity index is 2.42. The van der Waals surface area contributed by atoms with E-state index in [1.165, 1.54) is 12.1 Å². The smallest absolute Gasteiger partial charge is 0.323 e. The summed E-state index contributed by atoms with van der Waals surface area (Å²) in [5.41, 5.74) is 6.41. The maximum absolute atomic E-state index is 11.6. The molecule has 0 saturated heterocycles. The zero-order chi connectivity index (χ0) is 14.3. The summed E-state index contributed by atoms with van der Waals surface area (Å²) in [6, 6.07) is 3.61. The Morgan fingerprint density at radius 3 is 2.68 bits per heavy atom. The normalized spacial score (nSPS) is 12.1. The zero-order valence-electron chi connectivity index (χ0n) is 11.1. The molecule has 0 saturated carbocycles. The number of phenolic OH excluding ortho intramolecular Hbond substituents is 2. The second kappa shape index (κ2) is 7.63. The third-order valence-electron chi connectivity index (χ3n) is 2.79. The van der Waals surface area contributed by atoms with Crippen molar-refractivity contribution in [3.63, 3.8) is 0 Å². The minimum Gasteiger partial charge on any atom is -0.504 e. The maximum Gasteiger partial charge on any atom is 0.323 e. The molecule has 0 aromatic heterocycles. The van der Waals surface area contributed by atoms with Gasteiger partial charge in [-0.1, -0.05) is 25.8 Å². The summed E-state index contributed by atoms with van der Waals surface area (Å²) in [6.45, 7) is 2.46. The lowest BCUT2D eigenvalue weighted by atomic mass is 10.1. The predicted octanol–water partition coefficient (Wildman–Crippen LogP) is 1.70. The Hall–Kier alpha value is -1.75. The molecule has 5 heteroatoms. The molecule has 0 aliphatic rings. The van der Waals surface area contributed by atoms with Crippen molar-refractivity contribution in [2.75, 3.05) is 6.61 Å². The van der Waals surface area contributed by atoms with Crippen LogP contribution in [0.25, 0.3) is 0 Å². The molecule has 0 spiro atoms. The summed E-state index contributed by atoms with van der Waals surface area (Å²) in [5, 5.41) is 18.5. The second-order valence-corrected chi connectivity index (χ2v) is 4.51. The highest BCUT2D eigenvalue weighted by atomic mass is 16.5. The first kappa shape index (κ1) is 15.3. The number of phenols is 2. The number of benzene rings is 1. The number of hydrogen-bond acceptors (Lipinski definition) is 5. The number of carbonyl (C=O) groups excluding carboxylic acids is 1. The van der Waals surface area contributed by atoms with Gasteiger partial charge in [-0.3, -0.25) is 4.79 Å². The Labute approximate surface area is 113 Å². The fourth-order valence-corrected chi connectivity index (χ4v) is 1.67. The molecule has 1 unspecified atom stereocenters. The molecule has 0 bridgehead atoms. The number of aromatic hydroxyl groups is 2. The van der Waals surface area contributed by atoms with Crippen molar-refractivity contribution in [3.05, 3.63) is 23.8 Å². The SMILES string of the molecule is CCCCCOC(=O)C(N)Cc1ccc(O)c(O)c1. The van der Waals surface area contributed by atoms with Gasteiger partial charge in [0, 0.05) is 0 Å². The molecule has 1 aromatic rings. The molecule has 0 radical (unpaired) electrons. The second-order valence-electron chi connectivity index (χ2n) is 4.51. The van der Waals surface area contributed by atoms with Crippen molar-refractivity contribution < 1.29 is 19.7 Å². The fourth-order valence-electron chi connectivity index (χ4n) is 1.67. The van der Waals surface area contributed by atoms with Gasteiger partial charge in [0.05, 0.1) is 6.61 Å². The van der Waals surface area contributed by atoms with E-state index in [-0.39, 0.29) is 17.9 Å². The zero-order valence-corrected chi connectivity index (χ0v) is 11.1. The number of hydrogen-bond donors (Lipinski definition) is 3. The van der Waals surface area contributed by atoms with Gasteiger partial charge in [0.2, 0.25) is 0 Å². The van der Waals surface area contributed by atoms with Gasteiger partial charge in [-0.2, -0.15) is 0 Å². The first-order chi connectivity index (χ1) is 9.04. The third-order valence-corrected chi connectivity index (χ3v) is 2.79. The topological polar surface area (TPSA) is 92.8 Å². The summed E-state index contributed by atoms with van der Waals surface area (Å²) in [4.78, 5) is 11.6. The van der Waals surface area contributed by atoms with E-state index >= 15 is 0 Å². The van der Waals surface area contributed by atoms with Gasteiger partial charge in [-0.05, 0) is 30.5 Å². The molecular formula is C14H21NO4. The van der Waals surface area contributed by atoms with Crippen LogP contribution in [0.3, 0.4) is 0 Å². The molecule has 0 heterocycles. The van der Waals surface area contributed by atoms with Crippen LogP contribution in [0.1, 0.15) is 31.7 Å². The molecule has 0 aliphatic heterocycles. The van der Waals surface area contributed by atoms with Crippen LogP contribution in [0.5, 0.6) is 11.5 Å². The summed E-state index contributed by atoms with van der Waals surface area (Å²) >= 11 is 0. The predicted molar refractivity (Wildman–Crippen MR) is 71.9 cm³/mol. The molecule has 4 N–H and O–H groups in total. The summed E-state index contributed by atoms with van der Waals surface area (Å²) < 4.78 is 5.06. The Kier molecular flexibility index (Phi) is 6.15. The first-order valence-electron chi connectivity index (χ1n) is 6.47. The van der Waals surface area contributed by atoms with Gasteiger partial charge < -0.3 is 20.7 Å². The van der Waals surface area contributed by atoms with Gasteiger partial charge >= 0.3 is 5.97 Å². The van der Waals surface area contributed by atoms with Crippen LogP contribution in [0, 0.1) is 0 Å². The highest BCUT2D eigenvalue weighted by Gasteiger charge is 2.16. The highest BCUT2D eigenvalue weighted by molar-refractivity contribution is 5.75. The average molecular weight is 267 g/mol. The Bertz CT molecular complexity index is 420. The monoisotopic (exact) mass is 267 g/mol. The first-order valence-corrected chi connectivity index (χ1v) is 6.47. The number of nitrogens with two attached hydrogens (primary N) is 1. The van der Waals surface area contributed by atoms with Gasteiger partial charge in [-0.15, -0.1) is 0 Å². The van der Waals surface area contributed by atoms with Crippen LogP contribution in [-0.4, -0.2) is 28.8 Å². The van der Waals surface area contributed by atoms with E-state index < -0.39 is 12.0 Å². The molecule has 0 fully saturated rings. The lowest BCUT2D eigenvalue weighted by Gasteiger charge is -2.12. The van der Waals surface area contributed by atoms with Crippen molar-refractivity contribution in [3.8, 4) is 11.5 Å². The maximum atomic E-state index is 11.6. The third kappa shape index (κ3) is 5.18. The number of carbonyl (C=O) groups is 1. The number of rotatable bonds is 7. The Morgan fingerprint density at radius 1 is 1.32 bits per heavy atom. The minimum absolute atomic E-state index is 0.195. The van der Waals surface area contributed by atoms with E-state index in [0.717, 1.165) is 19.3 Å². The van der Waals surface area contributed by atoms with Crippen LogP contribution in [0.2, 0.25) is 0 Å². The largest absolute Gasteiger partial charge is 0.504 e. The van der Waals surface area contributed by atoms with Crippen molar-refractivity contribution >= 4 is 5.97 Å². The van der Waals surface area contributed by atoms with Gasteiger partial charge in [-0.25, -0.2) is 0 Å². The van der Waals surface area contributed by atoms with Crippen LogP contribution >= 0.6 is 0 Å². The average Bonchev–Trinajstić information content (AvgIpc) is 2.38. The molecular weight excluding hydrogens is 246 g/mol. The molecule has 106 valence electrons. The molecule has 19 heavy (non-hydrogen) atoms. The van der Waals surface area contributed by atoms with Crippen LogP contribution < -0.4 is 5.73 Å². The lowest BCUT2D eigenvalue weighted by Crippen LogP contribution is -2.34. The molecule has 1 aromatic carbocycles. The summed E-state index contributed by atoms with van der Waals surface area (Å²) in [5.74, 6) is -0.857. The van der Waals surface area contributed by atoms with E-state index in [1.807, 2.05) is 0 Å². The number of unbranched alkanes of at least 4 members (excludes halogenated alkanes) is 2.